The zero-order valence-electron chi connectivity index (χ0n) is 18.3. The molecule has 8 nitrogen and oxygen atoms in total. The largest absolute Gasteiger partial charge is 0.453 e. The first kappa shape index (κ1) is 22.7. The molecule has 0 saturated carbocycles. The maximum atomic E-state index is 12.9. The molecule has 0 radical (unpaired) electrons. The highest BCUT2D eigenvalue weighted by molar-refractivity contribution is 5.99. The lowest BCUT2D eigenvalue weighted by molar-refractivity contribution is -0.153. The molecule has 1 aliphatic heterocycles. The monoisotopic (exact) mass is 461 g/mol. The summed E-state index contributed by atoms with van der Waals surface area (Å²) in [6.07, 6.45) is -4.79. The summed E-state index contributed by atoms with van der Waals surface area (Å²) in [4.78, 5) is 34.3. The Morgan fingerprint density at radius 1 is 1.18 bits per heavy atom. The van der Waals surface area contributed by atoms with Crippen LogP contribution in [0, 0.1) is 13.8 Å². The van der Waals surface area contributed by atoms with Crippen LogP contribution < -0.4 is 4.90 Å². The fourth-order valence-corrected chi connectivity index (χ4v) is 4.01. The number of aromatic nitrogens is 4. The molecule has 0 saturated heterocycles. The van der Waals surface area contributed by atoms with Gasteiger partial charge >= 0.3 is 12.1 Å². The van der Waals surface area contributed by atoms with E-state index in [9.17, 15) is 22.8 Å². The summed E-state index contributed by atoms with van der Waals surface area (Å²) >= 11 is 0. The van der Waals surface area contributed by atoms with E-state index < -0.39 is 24.1 Å². The maximum Gasteiger partial charge on any atom is 0.453 e. The van der Waals surface area contributed by atoms with Gasteiger partial charge in [-0.2, -0.15) is 18.2 Å². The quantitative estimate of drug-likeness (QED) is 0.542. The molecule has 0 N–H and O–H groups in total. The Kier molecular flexibility index (Phi) is 5.81. The number of anilines is 1. The average molecular weight is 461 g/mol. The molecule has 1 aliphatic rings. The van der Waals surface area contributed by atoms with Crippen LogP contribution in [0.5, 0.6) is 0 Å². The van der Waals surface area contributed by atoms with Gasteiger partial charge in [-0.1, -0.05) is 18.2 Å². The Hall–Kier alpha value is -3.50. The van der Waals surface area contributed by atoms with Crippen LogP contribution in [0.1, 0.15) is 41.7 Å². The van der Waals surface area contributed by atoms with Gasteiger partial charge in [-0.3, -0.25) is 9.59 Å². The standard InChI is InChI=1S/C22H22F3N5O3/c1-12-16(13(2)30-21(26-12)27-20(28-30)22(23,24)25)8-9-18(31)33-14(3)19(32)29-11-10-15-6-4-5-7-17(15)29/h4-7,14H,8-11H2,1-3H3/t14-/m0/s1. The number of halogens is 3. The Bertz CT molecular complexity index is 1240. The third-order valence-corrected chi connectivity index (χ3v) is 5.69. The lowest BCUT2D eigenvalue weighted by Gasteiger charge is -2.21. The summed E-state index contributed by atoms with van der Waals surface area (Å²) in [6, 6.07) is 7.58. The number of hydrogen-bond acceptors (Lipinski definition) is 6. The maximum absolute atomic E-state index is 12.9. The highest BCUT2D eigenvalue weighted by Crippen LogP contribution is 2.29. The molecule has 0 unspecified atom stereocenters. The Morgan fingerprint density at radius 3 is 2.64 bits per heavy atom. The van der Waals surface area contributed by atoms with Crippen molar-refractivity contribution in [2.75, 3.05) is 11.4 Å². The minimum atomic E-state index is -4.68. The number of carbonyl (C=O) groups excluding carboxylic acids is 2. The van der Waals surface area contributed by atoms with Crippen LogP contribution >= 0.6 is 0 Å². The first-order chi connectivity index (χ1) is 15.6. The lowest BCUT2D eigenvalue weighted by Crippen LogP contribution is -2.39. The van der Waals surface area contributed by atoms with Crippen molar-refractivity contribution in [3.8, 4) is 0 Å². The van der Waals surface area contributed by atoms with Crippen LogP contribution in [0.15, 0.2) is 24.3 Å². The van der Waals surface area contributed by atoms with Crippen LogP contribution in [0.3, 0.4) is 0 Å². The second kappa shape index (κ2) is 8.45. The Balaban J connectivity index is 1.42. The van der Waals surface area contributed by atoms with Gasteiger partial charge in [-0.25, -0.2) is 9.50 Å². The smallest absolute Gasteiger partial charge is 0.453 e. The average Bonchev–Trinajstić information content (AvgIpc) is 3.37. The van der Waals surface area contributed by atoms with Gasteiger partial charge < -0.3 is 9.64 Å². The molecule has 11 heteroatoms. The van der Waals surface area contributed by atoms with Gasteiger partial charge in [-0.15, -0.1) is 5.10 Å². The summed E-state index contributed by atoms with van der Waals surface area (Å²) in [5.41, 5.74) is 3.32. The molecule has 3 heterocycles. The summed E-state index contributed by atoms with van der Waals surface area (Å²) in [5, 5.41) is 3.50. The number of ether oxygens (including phenoxy) is 1. The second-order valence-corrected chi connectivity index (χ2v) is 7.91. The Morgan fingerprint density at radius 2 is 1.91 bits per heavy atom. The summed E-state index contributed by atoms with van der Waals surface area (Å²) in [7, 11) is 0. The molecule has 0 bridgehead atoms. The lowest BCUT2D eigenvalue weighted by atomic mass is 10.1. The number of fused-ring (bicyclic) bond motifs is 2. The fourth-order valence-electron chi connectivity index (χ4n) is 4.01. The minimum absolute atomic E-state index is 0.0656. The van der Waals surface area contributed by atoms with Gasteiger partial charge in [0.2, 0.25) is 0 Å². The molecule has 0 aliphatic carbocycles. The number of alkyl halides is 3. The molecule has 33 heavy (non-hydrogen) atoms. The van der Waals surface area contributed by atoms with Gasteiger partial charge in [0.15, 0.2) is 6.10 Å². The molecule has 1 aromatic carbocycles. The van der Waals surface area contributed by atoms with Crippen molar-refractivity contribution >= 4 is 23.3 Å². The SMILES string of the molecule is Cc1nc2nc(C(F)(F)F)nn2c(C)c1CCC(=O)O[C@@H](C)C(=O)N1CCc2ccccc21. The van der Waals surface area contributed by atoms with Crippen molar-refractivity contribution in [2.45, 2.75) is 52.3 Å². The predicted molar refractivity (Wildman–Crippen MR) is 112 cm³/mol. The Labute approximate surface area is 187 Å². The first-order valence-corrected chi connectivity index (χ1v) is 10.4. The highest BCUT2D eigenvalue weighted by atomic mass is 19.4. The minimum Gasteiger partial charge on any atom is -0.453 e. The van der Waals surface area contributed by atoms with Gasteiger partial charge in [0, 0.05) is 30.0 Å². The molecular formula is C22H22F3N5O3. The number of para-hydroxylation sites is 1. The number of hydrogen-bond donors (Lipinski definition) is 0. The topological polar surface area (TPSA) is 89.7 Å². The molecule has 4 rings (SSSR count). The van der Waals surface area contributed by atoms with E-state index in [4.69, 9.17) is 4.74 Å². The van der Waals surface area contributed by atoms with E-state index in [0.717, 1.165) is 22.2 Å². The third-order valence-electron chi connectivity index (χ3n) is 5.69. The van der Waals surface area contributed by atoms with Crippen LogP contribution in [0.2, 0.25) is 0 Å². The molecule has 0 spiro atoms. The van der Waals surface area contributed by atoms with Crippen LogP contribution in [-0.2, 0) is 33.3 Å². The fraction of sp³-hybridized carbons (Fsp3) is 0.409. The van der Waals surface area contributed by atoms with E-state index in [1.165, 1.54) is 6.92 Å². The number of rotatable bonds is 5. The van der Waals surface area contributed by atoms with Gasteiger partial charge in [-0.05, 0) is 50.8 Å². The van der Waals surface area contributed by atoms with E-state index >= 15 is 0 Å². The molecule has 3 aromatic rings. The predicted octanol–water partition coefficient (Wildman–Crippen LogP) is 3.21. The van der Waals surface area contributed by atoms with Crippen LogP contribution in [-0.4, -0.2) is 44.1 Å². The second-order valence-electron chi connectivity index (χ2n) is 7.91. The summed E-state index contributed by atoms with van der Waals surface area (Å²) in [6.45, 7) is 5.28. The van der Waals surface area contributed by atoms with Crippen molar-refractivity contribution in [1.29, 1.82) is 0 Å². The van der Waals surface area contributed by atoms with Crippen LogP contribution in [0.4, 0.5) is 18.9 Å². The van der Waals surface area contributed by atoms with Crippen molar-refractivity contribution in [2.24, 2.45) is 0 Å². The molecular weight excluding hydrogens is 439 g/mol. The van der Waals surface area contributed by atoms with Crippen molar-refractivity contribution in [1.82, 2.24) is 19.6 Å². The number of benzene rings is 1. The summed E-state index contributed by atoms with van der Waals surface area (Å²) < 4.78 is 45.2. The highest BCUT2D eigenvalue weighted by Gasteiger charge is 2.37. The van der Waals surface area contributed by atoms with Gasteiger partial charge in [0.25, 0.3) is 17.5 Å². The molecule has 1 amide bonds. The van der Waals surface area contributed by atoms with E-state index in [1.54, 1.807) is 18.7 Å². The van der Waals surface area contributed by atoms with E-state index in [2.05, 4.69) is 15.1 Å². The zero-order valence-corrected chi connectivity index (χ0v) is 18.3. The van der Waals surface area contributed by atoms with Crippen molar-refractivity contribution < 1.29 is 27.5 Å². The summed E-state index contributed by atoms with van der Waals surface area (Å²) in [5.74, 6) is -2.32. The number of nitrogens with zero attached hydrogens (tertiary/aromatic N) is 5. The van der Waals surface area contributed by atoms with E-state index in [1.807, 2.05) is 24.3 Å². The number of esters is 1. The number of carbonyl (C=O) groups is 2. The number of amides is 1. The van der Waals surface area contributed by atoms with E-state index in [0.29, 0.717) is 23.5 Å². The first-order valence-electron chi connectivity index (χ1n) is 10.4. The third kappa shape index (κ3) is 4.39. The van der Waals surface area contributed by atoms with Crippen molar-refractivity contribution in [3.63, 3.8) is 0 Å². The molecule has 174 valence electrons. The zero-order chi connectivity index (χ0) is 23.9. The van der Waals surface area contributed by atoms with Crippen molar-refractivity contribution in [3.05, 3.63) is 52.6 Å². The normalized spacial score (nSPS) is 14.4. The molecule has 1 atom stereocenters. The molecule has 2 aromatic heterocycles. The number of aryl methyl sites for hydroxylation is 2. The molecule has 0 fully saturated rings. The van der Waals surface area contributed by atoms with Gasteiger partial charge in [0.05, 0.1) is 0 Å². The van der Waals surface area contributed by atoms with Gasteiger partial charge in [0.1, 0.15) is 0 Å². The van der Waals surface area contributed by atoms with E-state index in [-0.39, 0.29) is 24.5 Å². The van der Waals surface area contributed by atoms with Crippen LogP contribution in [0.25, 0.3) is 5.78 Å².